The summed E-state index contributed by atoms with van der Waals surface area (Å²) >= 11 is 0. The molecule has 1 aromatic heterocycles. The fourth-order valence-corrected chi connectivity index (χ4v) is 1.44. The van der Waals surface area contributed by atoms with Crippen LogP contribution in [-0.2, 0) is 6.61 Å². The maximum absolute atomic E-state index is 9.85. The quantitative estimate of drug-likeness (QED) is 0.325. The Morgan fingerprint density at radius 2 is 2.22 bits per heavy atom. The largest absolute Gasteiger partial charge is 0.392 e. The van der Waals surface area contributed by atoms with E-state index in [1.165, 1.54) is 12.3 Å². The zero-order valence-electron chi connectivity index (χ0n) is 9.64. The highest BCUT2D eigenvalue weighted by Gasteiger charge is 2.19. The van der Waals surface area contributed by atoms with Crippen molar-refractivity contribution in [2.75, 3.05) is 12.3 Å². The van der Waals surface area contributed by atoms with Crippen LogP contribution in [-0.4, -0.2) is 33.0 Å². The predicted molar refractivity (Wildman–Crippen MR) is 64.2 cm³/mol. The zero-order valence-corrected chi connectivity index (χ0v) is 9.64. The van der Waals surface area contributed by atoms with E-state index in [0.29, 0.717) is 11.1 Å². The molecule has 0 spiro atoms. The molecule has 98 valence electrons. The van der Waals surface area contributed by atoms with Gasteiger partial charge in [-0.05, 0) is 18.0 Å². The molecule has 1 aromatic rings. The first-order chi connectivity index (χ1) is 8.60. The van der Waals surface area contributed by atoms with Gasteiger partial charge in [-0.2, -0.15) is 0 Å². The molecule has 0 aliphatic heterocycles. The zero-order chi connectivity index (χ0) is 13.5. The Morgan fingerprint density at radius 1 is 1.50 bits per heavy atom. The molecule has 0 bridgehead atoms. The van der Waals surface area contributed by atoms with Gasteiger partial charge >= 0.3 is 0 Å². The number of hydrogen-bond donors (Lipinski definition) is 4. The molecule has 0 aliphatic carbocycles. The third-order valence-corrected chi connectivity index (χ3v) is 2.49. The van der Waals surface area contributed by atoms with Gasteiger partial charge in [0, 0.05) is 28.8 Å². The van der Waals surface area contributed by atoms with Crippen LogP contribution in [0.15, 0.2) is 17.4 Å². The first kappa shape index (κ1) is 14.2. The number of nitrogens with zero attached hydrogens (tertiary/aromatic N) is 4. The van der Waals surface area contributed by atoms with Gasteiger partial charge in [0.15, 0.2) is 0 Å². The summed E-state index contributed by atoms with van der Waals surface area (Å²) in [5, 5.41) is 31.8. The topological polar surface area (TPSA) is 148 Å². The summed E-state index contributed by atoms with van der Waals surface area (Å²) in [4.78, 5) is 6.36. The van der Waals surface area contributed by atoms with Crippen molar-refractivity contribution in [3.05, 3.63) is 33.8 Å². The highest BCUT2D eigenvalue weighted by atomic mass is 16.3. The summed E-state index contributed by atoms with van der Waals surface area (Å²) in [5.74, 6) is 0.178. The molecule has 0 aromatic carbocycles. The first-order valence-corrected chi connectivity index (χ1v) is 5.32. The second kappa shape index (κ2) is 6.77. The lowest BCUT2D eigenvalue weighted by Gasteiger charge is -2.17. The summed E-state index contributed by atoms with van der Waals surface area (Å²) in [5.41, 5.74) is 14.3. The average molecular weight is 253 g/mol. The van der Waals surface area contributed by atoms with Crippen LogP contribution in [0.4, 0.5) is 5.82 Å². The molecule has 0 saturated carbocycles. The number of aliphatic hydroxyl groups is 3. The van der Waals surface area contributed by atoms with Gasteiger partial charge in [0.1, 0.15) is 11.9 Å². The number of aliphatic hydroxyl groups excluding tert-OH is 3. The van der Waals surface area contributed by atoms with Crippen molar-refractivity contribution < 1.29 is 15.3 Å². The van der Waals surface area contributed by atoms with E-state index in [4.69, 9.17) is 16.4 Å². The molecular weight excluding hydrogens is 238 g/mol. The highest BCUT2D eigenvalue weighted by Crippen LogP contribution is 2.21. The monoisotopic (exact) mass is 253 g/mol. The molecule has 0 amide bonds. The number of nitrogens with two attached hydrogens (primary N) is 1. The Labute approximate surface area is 103 Å². The molecule has 8 nitrogen and oxygen atoms in total. The highest BCUT2D eigenvalue weighted by molar-refractivity contribution is 5.41. The lowest BCUT2D eigenvalue weighted by Crippen LogP contribution is -2.19. The Kier molecular flexibility index (Phi) is 5.34. The first-order valence-electron chi connectivity index (χ1n) is 5.32. The van der Waals surface area contributed by atoms with Crippen molar-refractivity contribution in [3.63, 3.8) is 0 Å². The Balaban J connectivity index is 2.76. The average Bonchev–Trinajstić information content (AvgIpc) is 2.38. The van der Waals surface area contributed by atoms with Crippen LogP contribution in [0.3, 0.4) is 0 Å². The van der Waals surface area contributed by atoms with Gasteiger partial charge in [-0.15, -0.1) is 0 Å². The van der Waals surface area contributed by atoms with E-state index in [2.05, 4.69) is 15.0 Å². The molecule has 8 heteroatoms. The van der Waals surface area contributed by atoms with Crippen LogP contribution in [0.2, 0.25) is 0 Å². The van der Waals surface area contributed by atoms with Gasteiger partial charge in [0.05, 0.1) is 12.7 Å². The molecule has 18 heavy (non-hydrogen) atoms. The van der Waals surface area contributed by atoms with Gasteiger partial charge < -0.3 is 21.1 Å². The minimum Gasteiger partial charge on any atom is -0.392 e. The van der Waals surface area contributed by atoms with Gasteiger partial charge in [0.2, 0.25) is 0 Å². The fourth-order valence-electron chi connectivity index (χ4n) is 1.44. The minimum absolute atomic E-state index is 0.0873. The molecule has 0 fully saturated rings. The lowest BCUT2D eigenvalue weighted by atomic mass is 10.0. The van der Waals surface area contributed by atoms with Crippen LogP contribution in [0.1, 0.15) is 23.7 Å². The third-order valence-electron chi connectivity index (χ3n) is 2.49. The van der Waals surface area contributed by atoms with E-state index in [1.54, 1.807) is 0 Å². The molecular formula is C10H15N5O3. The maximum atomic E-state index is 9.85. The molecule has 2 unspecified atom stereocenters. The smallest absolute Gasteiger partial charge is 0.128 e. The van der Waals surface area contributed by atoms with E-state index in [0.717, 1.165) is 0 Å². The number of anilines is 1. The maximum Gasteiger partial charge on any atom is 0.128 e. The standard InChI is InChI=1S/C10H15N5O3/c11-10-7(5-16)3-6(4-13-10)9(18)8(17)1-2-14-15-12/h3-4,8-9,16-18H,1-2,5H2,(H2,11,13). The van der Waals surface area contributed by atoms with Crippen LogP contribution < -0.4 is 5.73 Å². The molecule has 0 saturated heterocycles. The van der Waals surface area contributed by atoms with Crippen molar-refractivity contribution in [2.24, 2.45) is 5.11 Å². The number of hydrogen-bond acceptors (Lipinski definition) is 6. The summed E-state index contributed by atoms with van der Waals surface area (Å²) in [6.45, 7) is -0.210. The van der Waals surface area contributed by atoms with Crippen molar-refractivity contribution in [1.29, 1.82) is 0 Å². The molecule has 1 rings (SSSR count). The number of aromatic nitrogens is 1. The molecule has 1 heterocycles. The summed E-state index contributed by atoms with van der Waals surface area (Å²) < 4.78 is 0. The summed E-state index contributed by atoms with van der Waals surface area (Å²) in [7, 11) is 0. The van der Waals surface area contributed by atoms with Gasteiger partial charge in [0.25, 0.3) is 0 Å². The fraction of sp³-hybridized carbons (Fsp3) is 0.500. The molecule has 5 N–H and O–H groups in total. The van der Waals surface area contributed by atoms with E-state index in [9.17, 15) is 10.2 Å². The van der Waals surface area contributed by atoms with Crippen LogP contribution in [0, 0.1) is 0 Å². The van der Waals surface area contributed by atoms with Gasteiger partial charge in [-0.3, -0.25) is 0 Å². The van der Waals surface area contributed by atoms with E-state index >= 15 is 0 Å². The molecule has 0 aliphatic rings. The number of pyridine rings is 1. The second-order valence-electron chi connectivity index (χ2n) is 3.73. The lowest BCUT2D eigenvalue weighted by molar-refractivity contribution is 0.0148. The number of azide groups is 1. The number of rotatable bonds is 6. The number of nitrogen functional groups attached to an aromatic ring is 1. The molecule has 0 radical (unpaired) electrons. The van der Waals surface area contributed by atoms with Crippen LogP contribution in [0.25, 0.3) is 10.4 Å². The van der Waals surface area contributed by atoms with Crippen molar-refractivity contribution >= 4 is 5.82 Å². The van der Waals surface area contributed by atoms with Gasteiger partial charge in [-0.1, -0.05) is 5.11 Å². The van der Waals surface area contributed by atoms with E-state index in [1.807, 2.05) is 0 Å². The normalized spacial score (nSPS) is 13.7. The van der Waals surface area contributed by atoms with Crippen molar-refractivity contribution in [1.82, 2.24) is 4.98 Å². The van der Waals surface area contributed by atoms with Crippen molar-refractivity contribution in [3.8, 4) is 0 Å². The summed E-state index contributed by atoms with van der Waals surface area (Å²) in [6.07, 6.45) is -0.787. The Bertz CT molecular complexity index is 447. The third kappa shape index (κ3) is 3.57. The van der Waals surface area contributed by atoms with Crippen molar-refractivity contribution in [2.45, 2.75) is 25.2 Å². The molecule has 2 atom stereocenters. The van der Waals surface area contributed by atoms with E-state index < -0.39 is 12.2 Å². The van der Waals surface area contributed by atoms with Gasteiger partial charge in [-0.25, -0.2) is 4.98 Å². The predicted octanol–water partition coefficient (Wildman–Crippen LogP) is 0.251. The Hall–Kier alpha value is -1.86. The van der Waals surface area contributed by atoms with Crippen LogP contribution in [0.5, 0.6) is 0 Å². The Morgan fingerprint density at radius 3 is 2.83 bits per heavy atom. The SMILES string of the molecule is [N-]=[N+]=NCCC(O)C(O)c1cnc(N)c(CO)c1. The second-order valence-corrected chi connectivity index (χ2v) is 3.73. The van der Waals surface area contributed by atoms with Crippen LogP contribution >= 0.6 is 0 Å². The van der Waals surface area contributed by atoms with E-state index in [-0.39, 0.29) is 25.4 Å². The minimum atomic E-state index is -1.17. The summed E-state index contributed by atoms with van der Waals surface area (Å²) in [6, 6.07) is 1.48.